The second-order valence-electron chi connectivity index (χ2n) is 9.43. The summed E-state index contributed by atoms with van der Waals surface area (Å²) in [5.41, 5.74) is 1.01. The highest BCUT2D eigenvalue weighted by Gasteiger charge is 2.25. The summed E-state index contributed by atoms with van der Waals surface area (Å²) in [6, 6.07) is 13.2. The van der Waals surface area contributed by atoms with Gasteiger partial charge in [-0.2, -0.15) is 0 Å². The molecule has 9 nitrogen and oxygen atoms in total. The first kappa shape index (κ1) is 28.7. The summed E-state index contributed by atoms with van der Waals surface area (Å²) in [5.74, 6) is 2.54. The van der Waals surface area contributed by atoms with Gasteiger partial charge in [0.25, 0.3) is 5.91 Å². The summed E-state index contributed by atoms with van der Waals surface area (Å²) in [7, 11) is 3.21. The molecular weight excluding hydrogens is 518 g/mol. The highest BCUT2D eigenvalue weighted by molar-refractivity contribution is 7.12. The molecule has 2 amide bonds. The number of hydrogen-bond donors (Lipinski definition) is 0. The van der Waals surface area contributed by atoms with Crippen LogP contribution in [0.25, 0.3) is 0 Å². The van der Waals surface area contributed by atoms with Gasteiger partial charge in [-0.25, -0.2) is 0 Å². The van der Waals surface area contributed by atoms with Gasteiger partial charge in [0.1, 0.15) is 18.1 Å². The molecule has 3 aromatic rings. The van der Waals surface area contributed by atoms with Crippen LogP contribution in [0.2, 0.25) is 0 Å². The Kier molecular flexibility index (Phi) is 10.4. The fourth-order valence-corrected chi connectivity index (χ4v) is 5.20. The van der Waals surface area contributed by atoms with Gasteiger partial charge in [-0.1, -0.05) is 12.1 Å². The van der Waals surface area contributed by atoms with Crippen LogP contribution >= 0.6 is 11.3 Å². The first-order chi connectivity index (χ1) is 19.0. The van der Waals surface area contributed by atoms with Crippen LogP contribution in [0.5, 0.6) is 11.5 Å². The lowest BCUT2D eigenvalue weighted by Gasteiger charge is -2.31. The van der Waals surface area contributed by atoms with Crippen molar-refractivity contribution in [2.45, 2.75) is 19.9 Å². The molecule has 0 unspecified atom stereocenters. The molecule has 1 aromatic carbocycles. The Labute approximate surface area is 233 Å². The normalized spacial score (nSPS) is 13.7. The molecule has 0 atom stereocenters. The number of benzene rings is 1. The number of ether oxygens (including phenoxy) is 3. The third-order valence-corrected chi connectivity index (χ3v) is 7.61. The van der Waals surface area contributed by atoms with E-state index in [1.165, 1.54) is 11.3 Å². The molecule has 1 fully saturated rings. The van der Waals surface area contributed by atoms with Gasteiger partial charge in [-0.3, -0.25) is 14.5 Å². The van der Waals surface area contributed by atoms with Crippen molar-refractivity contribution in [3.63, 3.8) is 0 Å². The van der Waals surface area contributed by atoms with Crippen molar-refractivity contribution in [3.8, 4) is 11.5 Å². The summed E-state index contributed by atoms with van der Waals surface area (Å²) >= 11 is 1.39. The van der Waals surface area contributed by atoms with Crippen LogP contribution in [0.15, 0.2) is 52.3 Å². The van der Waals surface area contributed by atoms with Crippen LogP contribution in [0.1, 0.15) is 26.8 Å². The number of furan rings is 1. The van der Waals surface area contributed by atoms with Gasteiger partial charge in [0.15, 0.2) is 11.5 Å². The number of nitrogens with zero attached hydrogens (tertiary/aromatic N) is 3. The third-order valence-electron chi connectivity index (χ3n) is 6.75. The van der Waals surface area contributed by atoms with E-state index in [9.17, 15) is 9.59 Å². The molecular formula is C29H37N3O6S. The summed E-state index contributed by atoms with van der Waals surface area (Å²) in [6.45, 7) is 6.83. The minimum atomic E-state index is -0.128. The lowest BCUT2D eigenvalue weighted by Crippen LogP contribution is -2.47. The first-order valence-electron chi connectivity index (χ1n) is 13.1. The summed E-state index contributed by atoms with van der Waals surface area (Å²) in [6.07, 6.45) is 0.610. The first-order valence-corrected chi connectivity index (χ1v) is 14.0. The van der Waals surface area contributed by atoms with E-state index >= 15 is 0 Å². The average Bonchev–Trinajstić information content (AvgIpc) is 3.65. The minimum absolute atomic E-state index is 0.00724. The van der Waals surface area contributed by atoms with E-state index in [-0.39, 0.29) is 18.4 Å². The smallest absolute Gasteiger partial charge is 0.264 e. The maximum Gasteiger partial charge on any atom is 0.264 e. The topological polar surface area (TPSA) is 84.7 Å². The summed E-state index contributed by atoms with van der Waals surface area (Å²) in [5, 5.41) is 1.88. The van der Waals surface area contributed by atoms with Crippen LogP contribution < -0.4 is 9.47 Å². The monoisotopic (exact) mass is 555 g/mol. The molecule has 0 saturated carbocycles. The van der Waals surface area contributed by atoms with Crippen LogP contribution in [0, 0.1) is 6.92 Å². The van der Waals surface area contributed by atoms with Crippen molar-refractivity contribution in [2.24, 2.45) is 0 Å². The molecule has 0 radical (unpaired) electrons. The number of amides is 2. The van der Waals surface area contributed by atoms with Crippen molar-refractivity contribution in [1.82, 2.24) is 14.7 Å². The highest BCUT2D eigenvalue weighted by Crippen LogP contribution is 2.28. The van der Waals surface area contributed by atoms with Gasteiger partial charge in [0, 0.05) is 32.7 Å². The van der Waals surface area contributed by atoms with E-state index in [4.69, 9.17) is 18.6 Å². The predicted molar refractivity (Wildman–Crippen MR) is 150 cm³/mol. The van der Waals surface area contributed by atoms with E-state index in [2.05, 4.69) is 4.90 Å². The summed E-state index contributed by atoms with van der Waals surface area (Å²) in [4.78, 5) is 33.5. The predicted octanol–water partition coefficient (Wildman–Crippen LogP) is 3.71. The molecule has 210 valence electrons. The average molecular weight is 556 g/mol. The second kappa shape index (κ2) is 14.2. The zero-order valence-electron chi connectivity index (χ0n) is 22.9. The Hall–Kier alpha value is -3.34. The third kappa shape index (κ3) is 8.08. The lowest BCUT2D eigenvalue weighted by atomic mass is 10.1. The van der Waals surface area contributed by atoms with E-state index in [1.54, 1.807) is 30.1 Å². The molecule has 3 heterocycles. The van der Waals surface area contributed by atoms with Crippen molar-refractivity contribution in [3.05, 3.63) is 69.8 Å². The Balaban J connectivity index is 1.49. The van der Waals surface area contributed by atoms with Gasteiger partial charge in [-0.05, 0) is 54.6 Å². The second-order valence-corrected chi connectivity index (χ2v) is 10.4. The quantitative estimate of drug-likeness (QED) is 0.318. The molecule has 1 saturated heterocycles. The zero-order valence-corrected chi connectivity index (χ0v) is 23.7. The van der Waals surface area contributed by atoms with Crippen molar-refractivity contribution in [1.29, 1.82) is 0 Å². The zero-order chi connectivity index (χ0) is 27.6. The number of morpholine rings is 1. The van der Waals surface area contributed by atoms with E-state index in [0.717, 1.165) is 24.4 Å². The number of carbonyl (C=O) groups excluding carboxylic acids is 2. The Morgan fingerprint density at radius 2 is 1.79 bits per heavy atom. The Morgan fingerprint density at radius 3 is 2.46 bits per heavy atom. The van der Waals surface area contributed by atoms with Crippen LogP contribution in [-0.2, 0) is 22.5 Å². The number of hydrogen-bond acceptors (Lipinski definition) is 8. The van der Waals surface area contributed by atoms with Gasteiger partial charge in [0.2, 0.25) is 5.91 Å². The largest absolute Gasteiger partial charge is 0.493 e. The van der Waals surface area contributed by atoms with E-state index in [0.29, 0.717) is 68.0 Å². The standard InChI is InChI=1S/C29H37N3O6S/c1-22-6-8-24(38-22)20-31(11-10-23-7-9-25(35-2)26(19-23)36-3)28(33)21-32(29(34)27-5-4-18-39-27)13-12-30-14-16-37-17-15-30/h4-9,18-19H,10-17,20-21H2,1-3H3. The number of thiophene rings is 1. The number of aryl methyl sites for hydroxylation is 1. The van der Waals surface area contributed by atoms with Gasteiger partial charge >= 0.3 is 0 Å². The SMILES string of the molecule is COc1ccc(CCN(Cc2ccc(C)o2)C(=O)CN(CCN2CCOCC2)C(=O)c2cccs2)cc1OC. The van der Waals surface area contributed by atoms with Crippen LogP contribution in [0.4, 0.5) is 0 Å². The molecule has 1 aliphatic rings. The highest BCUT2D eigenvalue weighted by atomic mass is 32.1. The fourth-order valence-electron chi connectivity index (χ4n) is 4.51. The Bertz CT molecular complexity index is 1210. The van der Waals surface area contributed by atoms with Crippen LogP contribution in [0.3, 0.4) is 0 Å². The van der Waals surface area contributed by atoms with Gasteiger partial charge in [-0.15, -0.1) is 11.3 Å². The lowest BCUT2D eigenvalue weighted by molar-refractivity contribution is -0.132. The van der Waals surface area contributed by atoms with Crippen LogP contribution in [-0.4, -0.2) is 93.2 Å². The molecule has 10 heteroatoms. The Morgan fingerprint density at radius 1 is 1.00 bits per heavy atom. The van der Waals surface area contributed by atoms with Gasteiger partial charge < -0.3 is 28.4 Å². The minimum Gasteiger partial charge on any atom is -0.493 e. The van der Waals surface area contributed by atoms with Crippen molar-refractivity contribution < 1.29 is 28.2 Å². The van der Waals surface area contributed by atoms with E-state index in [1.807, 2.05) is 48.7 Å². The molecule has 2 aromatic heterocycles. The fraction of sp³-hybridized carbons (Fsp3) is 0.448. The van der Waals surface area contributed by atoms with Crippen molar-refractivity contribution >= 4 is 23.2 Å². The van der Waals surface area contributed by atoms with E-state index < -0.39 is 0 Å². The molecule has 0 N–H and O–H groups in total. The molecule has 0 bridgehead atoms. The van der Waals surface area contributed by atoms with Gasteiger partial charge in [0.05, 0.1) is 38.9 Å². The molecule has 4 rings (SSSR count). The number of methoxy groups -OCH3 is 2. The number of carbonyl (C=O) groups is 2. The molecule has 1 aliphatic heterocycles. The molecule has 39 heavy (non-hydrogen) atoms. The summed E-state index contributed by atoms with van der Waals surface area (Å²) < 4.78 is 22.0. The number of rotatable bonds is 13. The molecule has 0 spiro atoms. The van der Waals surface area contributed by atoms with Crippen molar-refractivity contribution in [2.75, 3.05) is 66.7 Å². The molecule has 0 aliphatic carbocycles. The maximum absolute atomic E-state index is 13.8. The maximum atomic E-state index is 13.8.